The maximum atomic E-state index is 11.2. The summed E-state index contributed by atoms with van der Waals surface area (Å²) in [5.74, 6) is 0.657. The van der Waals surface area contributed by atoms with Crippen LogP contribution >= 0.6 is 11.8 Å². The first kappa shape index (κ1) is 12.5. The van der Waals surface area contributed by atoms with Crippen LogP contribution in [0.5, 0.6) is 0 Å². The van der Waals surface area contributed by atoms with Crippen LogP contribution in [0.25, 0.3) is 0 Å². The minimum atomic E-state index is -0.159. The van der Waals surface area contributed by atoms with E-state index in [1.165, 1.54) is 6.92 Å². The minimum absolute atomic E-state index is 0.00484. The molecular formula is C9H17NO2S. The van der Waals surface area contributed by atoms with Gasteiger partial charge in [0, 0.05) is 11.8 Å². The Morgan fingerprint density at radius 2 is 2.08 bits per heavy atom. The number of rotatable bonds is 6. The van der Waals surface area contributed by atoms with Gasteiger partial charge in [-0.1, -0.05) is 6.92 Å². The zero-order valence-corrected chi connectivity index (χ0v) is 9.24. The van der Waals surface area contributed by atoms with Crippen LogP contribution in [0.1, 0.15) is 26.7 Å². The maximum Gasteiger partial charge on any atom is 0.227 e. The Labute approximate surface area is 83.7 Å². The van der Waals surface area contributed by atoms with Crippen molar-refractivity contribution in [3.05, 3.63) is 0 Å². The van der Waals surface area contributed by atoms with E-state index in [2.05, 4.69) is 5.32 Å². The predicted octanol–water partition coefficient (Wildman–Crippen LogP) is 1.22. The first-order valence-corrected chi connectivity index (χ1v) is 5.77. The lowest BCUT2D eigenvalue weighted by atomic mass is 10.2. The van der Waals surface area contributed by atoms with Gasteiger partial charge in [0.1, 0.15) is 5.78 Å². The third-order valence-corrected chi connectivity index (χ3v) is 2.37. The fourth-order valence-electron chi connectivity index (χ4n) is 0.968. The van der Waals surface area contributed by atoms with Crippen molar-refractivity contribution in [3.63, 3.8) is 0 Å². The number of carbonyl (C=O) groups is 2. The van der Waals surface area contributed by atoms with Crippen molar-refractivity contribution < 1.29 is 9.59 Å². The number of Topliss-reactive ketones (excluding diaryl/α,β-unsaturated/α-hetero) is 1. The molecule has 0 aliphatic rings. The Balaban J connectivity index is 3.79. The molecule has 0 fully saturated rings. The van der Waals surface area contributed by atoms with Gasteiger partial charge in [0.25, 0.3) is 0 Å². The highest BCUT2D eigenvalue weighted by atomic mass is 32.2. The average molecular weight is 203 g/mol. The minimum Gasteiger partial charge on any atom is -0.352 e. The summed E-state index contributed by atoms with van der Waals surface area (Å²) in [5, 5.41) is 2.82. The zero-order valence-electron chi connectivity index (χ0n) is 8.42. The molecule has 0 aliphatic heterocycles. The summed E-state index contributed by atoms with van der Waals surface area (Å²) in [6.07, 6.45) is 2.91. The number of nitrogens with one attached hydrogen (secondary N) is 1. The Morgan fingerprint density at radius 1 is 1.46 bits per heavy atom. The molecule has 1 amide bonds. The van der Waals surface area contributed by atoms with Crippen LogP contribution in [0.15, 0.2) is 0 Å². The lowest BCUT2D eigenvalue weighted by molar-refractivity contribution is -0.127. The maximum absolute atomic E-state index is 11.2. The van der Waals surface area contributed by atoms with E-state index < -0.39 is 0 Å². The van der Waals surface area contributed by atoms with E-state index in [4.69, 9.17) is 0 Å². The van der Waals surface area contributed by atoms with Crippen molar-refractivity contribution in [2.24, 2.45) is 0 Å². The molecule has 0 heterocycles. The van der Waals surface area contributed by atoms with Gasteiger partial charge in [0.2, 0.25) is 5.91 Å². The fraction of sp³-hybridized carbons (Fsp3) is 0.778. The molecule has 1 unspecified atom stereocenters. The standard InChI is InChI=1S/C9H17NO2S/c1-4-8(6-13-3)10-9(12)5-7(2)11/h8H,4-6H2,1-3H3,(H,10,12). The van der Waals surface area contributed by atoms with Crippen LogP contribution in [0.3, 0.4) is 0 Å². The van der Waals surface area contributed by atoms with Gasteiger partial charge in [0.05, 0.1) is 6.42 Å². The number of ketones is 1. The first-order valence-electron chi connectivity index (χ1n) is 4.37. The second-order valence-corrected chi connectivity index (χ2v) is 3.92. The lowest BCUT2D eigenvalue weighted by Crippen LogP contribution is -2.36. The predicted molar refractivity (Wildman–Crippen MR) is 55.9 cm³/mol. The van der Waals surface area contributed by atoms with E-state index in [0.717, 1.165) is 12.2 Å². The molecule has 0 aromatic rings. The number of hydrogen-bond donors (Lipinski definition) is 1. The Bertz CT molecular complexity index is 182. The highest BCUT2D eigenvalue weighted by molar-refractivity contribution is 7.98. The van der Waals surface area contributed by atoms with Gasteiger partial charge in [0.15, 0.2) is 0 Å². The summed E-state index contributed by atoms with van der Waals surface area (Å²) in [7, 11) is 0. The first-order chi connectivity index (χ1) is 6.10. The van der Waals surface area contributed by atoms with Crippen molar-refractivity contribution in [2.45, 2.75) is 32.7 Å². The monoisotopic (exact) mass is 203 g/mol. The average Bonchev–Trinajstić information content (AvgIpc) is 2.02. The molecule has 1 atom stereocenters. The van der Waals surface area contributed by atoms with E-state index >= 15 is 0 Å². The topological polar surface area (TPSA) is 46.2 Å². The van der Waals surface area contributed by atoms with Crippen LogP contribution in [-0.2, 0) is 9.59 Å². The molecule has 0 aromatic carbocycles. The summed E-state index contributed by atoms with van der Waals surface area (Å²) < 4.78 is 0. The fourth-order valence-corrected chi connectivity index (χ4v) is 1.69. The number of thioether (sulfide) groups is 1. The van der Waals surface area contributed by atoms with Gasteiger partial charge in [-0.25, -0.2) is 0 Å². The second kappa shape index (κ2) is 6.95. The Hall–Kier alpha value is -0.510. The smallest absolute Gasteiger partial charge is 0.227 e. The molecular weight excluding hydrogens is 186 g/mol. The number of carbonyl (C=O) groups excluding carboxylic acids is 2. The third kappa shape index (κ3) is 6.63. The van der Waals surface area contributed by atoms with E-state index in [9.17, 15) is 9.59 Å². The van der Waals surface area contributed by atoms with E-state index in [0.29, 0.717) is 0 Å². The van der Waals surface area contributed by atoms with E-state index in [-0.39, 0.29) is 24.2 Å². The highest BCUT2D eigenvalue weighted by Crippen LogP contribution is 2.01. The summed E-state index contributed by atoms with van der Waals surface area (Å²) in [6, 6.07) is 0.196. The second-order valence-electron chi connectivity index (χ2n) is 3.01. The molecule has 0 bridgehead atoms. The van der Waals surface area contributed by atoms with Gasteiger partial charge >= 0.3 is 0 Å². The molecule has 76 valence electrons. The SMILES string of the molecule is CCC(CSC)NC(=O)CC(C)=O. The molecule has 0 aliphatic carbocycles. The third-order valence-electron chi connectivity index (χ3n) is 1.64. The lowest BCUT2D eigenvalue weighted by Gasteiger charge is -2.14. The molecule has 0 rings (SSSR count). The van der Waals surface area contributed by atoms with Gasteiger partial charge in [-0.05, 0) is 19.6 Å². The van der Waals surface area contributed by atoms with Crippen LogP contribution in [0.4, 0.5) is 0 Å². The van der Waals surface area contributed by atoms with Crippen molar-refractivity contribution in [1.82, 2.24) is 5.32 Å². The number of amides is 1. The van der Waals surface area contributed by atoms with Crippen LogP contribution in [-0.4, -0.2) is 29.7 Å². The molecule has 3 nitrogen and oxygen atoms in total. The molecule has 0 spiro atoms. The molecule has 0 saturated carbocycles. The van der Waals surface area contributed by atoms with Crippen LogP contribution in [0, 0.1) is 0 Å². The van der Waals surface area contributed by atoms with Gasteiger partial charge in [-0.15, -0.1) is 0 Å². The van der Waals surface area contributed by atoms with E-state index in [1.807, 2.05) is 13.2 Å². The molecule has 1 N–H and O–H groups in total. The Morgan fingerprint density at radius 3 is 2.46 bits per heavy atom. The van der Waals surface area contributed by atoms with Crippen molar-refractivity contribution in [2.75, 3.05) is 12.0 Å². The Kier molecular flexibility index (Phi) is 6.68. The summed E-state index contributed by atoms with van der Waals surface area (Å²) in [6.45, 7) is 3.45. The summed E-state index contributed by atoms with van der Waals surface area (Å²) >= 11 is 1.70. The molecule has 13 heavy (non-hydrogen) atoms. The van der Waals surface area contributed by atoms with Gasteiger partial charge < -0.3 is 5.32 Å². The number of hydrogen-bond acceptors (Lipinski definition) is 3. The van der Waals surface area contributed by atoms with Crippen molar-refractivity contribution in [1.29, 1.82) is 0 Å². The van der Waals surface area contributed by atoms with E-state index in [1.54, 1.807) is 11.8 Å². The highest BCUT2D eigenvalue weighted by Gasteiger charge is 2.10. The summed E-state index contributed by atoms with van der Waals surface area (Å²) in [4.78, 5) is 21.8. The molecule has 4 heteroatoms. The van der Waals surface area contributed by atoms with Crippen LogP contribution in [0.2, 0.25) is 0 Å². The summed E-state index contributed by atoms with van der Waals surface area (Å²) in [5.41, 5.74) is 0. The molecule has 0 aromatic heterocycles. The normalized spacial score (nSPS) is 12.2. The van der Waals surface area contributed by atoms with Crippen molar-refractivity contribution >= 4 is 23.5 Å². The largest absolute Gasteiger partial charge is 0.352 e. The van der Waals surface area contributed by atoms with Crippen molar-refractivity contribution in [3.8, 4) is 0 Å². The zero-order chi connectivity index (χ0) is 10.3. The van der Waals surface area contributed by atoms with Gasteiger partial charge in [-0.2, -0.15) is 11.8 Å². The molecule has 0 radical (unpaired) electrons. The molecule has 0 saturated heterocycles. The van der Waals surface area contributed by atoms with Gasteiger partial charge in [-0.3, -0.25) is 9.59 Å². The quantitative estimate of drug-likeness (QED) is 0.660. The van der Waals surface area contributed by atoms with Crippen LogP contribution < -0.4 is 5.32 Å².